The van der Waals surface area contributed by atoms with E-state index in [0.29, 0.717) is 11.7 Å². The Bertz CT molecular complexity index is 389. The lowest BCUT2D eigenvalue weighted by molar-refractivity contribution is 0.651. The number of alkyl halides is 1. The maximum absolute atomic E-state index is 11.9. The van der Waals surface area contributed by atoms with Gasteiger partial charge in [-0.3, -0.25) is 4.79 Å². The molecule has 1 heterocycles. The molecule has 1 rings (SSSR count). The molecule has 0 aliphatic rings. The molecule has 0 radical (unpaired) electrons. The minimum Gasteiger partial charge on any atom is -0.350 e. The van der Waals surface area contributed by atoms with Gasteiger partial charge < -0.3 is 9.47 Å². The Morgan fingerprint density at radius 3 is 2.81 bits per heavy atom. The summed E-state index contributed by atoms with van der Waals surface area (Å²) in [6.07, 6.45) is 4.15. The first-order valence-electron chi connectivity index (χ1n) is 5.42. The molecule has 0 amide bonds. The molecule has 0 aromatic carbocycles. The van der Waals surface area contributed by atoms with Crippen molar-refractivity contribution >= 4 is 17.4 Å². The maximum atomic E-state index is 11.9. The highest BCUT2D eigenvalue weighted by atomic mass is 35.5. The summed E-state index contributed by atoms with van der Waals surface area (Å²) in [7, 11) is 1.73. The summed E-state index contributed by atoms with van der Waals surface area (Å²) >= 11 is 5.68. The second-order valence-corrected chi connectivity index (χ2v) is 4.37. The van der Waals surface area contributed by atoms with Crippen LogP contribution >= 0.6 is 11.6 Å². The fourth-order valence-electron chi connectivity index (χ4n) is 1.52. The summed E-state index contributed by atoms with van der Waals surface area (Å²) in [5.74, 6) is 1.10. The van der Waals surface area contributed by atoms with Gasteiger partial charge in [0.2, 0.25) is 0 Å². The molecule has 5 heteroatoms. The second-order valence-electron chi connectivity index (χ2n) is 4.00. The lowest BCUT2D eigenvalue weighted by Gasteiger charge is -2.26. The van der Waals surface area contributed by atoms with Gasteiger partial charge in [-0.1, -0.05) is 0 Å². The summed E-state index contributed by atoms with van der Waals surface area (Å²) in [4.78, 5) is 18.1. The van der Waals surface area contributed by atoms with E-state index in [-0.39, 0.29) is 11.6 Å². The highest BCUT2D eigenvalue weighted by Gasteiger charge is 2.15. The number of rotatable bonds is 5. The number of nitrogens with zero attached hydrogens (tertiary/aromatic N) is 3. The van der Waals surface area contributed by atoms with Crippen LogP contribution in [0.25, 0.3) is 0 Å². The van der Waals surface area contributed by atoms with Gasteiger partial charge in [0.25, 0.3) is 5.56 Å². The third-order valence-electron chi connectivity index (χ3n) is 2.43. The molecule has 0 fully saturated rings. The summed E-state index contributed by atoms with van der Waals surface area (Å²) in [6, 6.07) is 0.241. The van der Waals surface area contributed by atoms with E-state index in [9.17, 15) is 4.79 Å². The first kappa shape index (κ1) is 13.0. The molecule has 1 aromatic heterocycles. The highest BCUT2D eigenvalue weighted by Crippen LogP contribution is 2.09. The van der Waals surface area contributed by atoms with Crippen LogP contribution in [0.3, 0.4) is 0 Å². The SMILES string of the molecule is CC(C)N(CCCCl)c1nccn(C)c1=O. The van der Waals surface area contributed by atoms with Gasteiger partial charge >= 0.3 is 0 Å². The number of halogens is 1. The third-order valence-corrected chi connectivity index (χ3v) is 2.69. The van der Waals surface area contributed by atoms with Gasteiger partial charge in [-0.15, -0.1) is 11.6 Å². The van der Waals surface area contributed by atoms with Crippen LogP contribution in [0.2, 0.25) is 0 Å². The molecule has 0 spiro atoms. The van der Waals surface area contributed by atoms with Crippen molar-refractivity contribution in [2.75, 3.05) is 17.3 Å². The molecule has 1 aromatic rings. The summed E-state index contributed by atoms with van der Waals surface area (Å²) in [6.45, 7) is 4.85. The second kappa shape index (κ2) is 5.89. The Morgan fingerprint density at radius 1 is 1.56 bits per heavy atom. The van der Waals surface area contributed by atoms with Crippen LogP contribution < -0.4 is 10.5 Å². The molecule has 0 unspecified atom stereocenters. The van der Waals surface area contributed by atoms with Crippen molar-refractivity contribution < 1.29 is 0 Å². The molecule has 4 nitrogen and oxygen atoms in total. The molecule has 0 aliphatic heterocycles. The smallest absolute Gasteiger partial charge is 0.293 e. The first-order chi connectivity index (χ1) is 7.57. The number of anilines is 1. The Labute approximate surface area is 101 Å². The number of hydrogen-bond donors (Lipinski definition) is 0. The van der Waals surface area contributed by atoms with E-state index in [2.05, 4.69) is 4.98 Å². The van der Waals surface area contributed by atoms with Crippen LogP contribution in [-0.4, -0.2) is 28.0 Å². The quantitative estimate of drug-likeness (QED) is 0.738. The lowest BCUT2D eigenvalue weighted by Crippen LogP contribution is -2.38. The Balaban J connectivity index is 3.01. The van der Waals surface area contributed by atoms with Crippen LogP contribution in [0.5, 0.6) is 0 Å². The van der Waals surface area contributed by atoms with Crippen molar-refractivity contribution in [1.82, 2.24) is 9.55 Å². The number of aromatic nitrogens is 2. The van der Waals surface area contributed by atoms with Gasteiger partial charge in [-0.25, -0.2) is 4.98 Å². The normalized spacial score (nSPS) is 10.8. The predicted octanol–water partition coefficient (Wildman–Crippen LogP) is 1.62. The van der Waals surface area contributed by atoms with Gasteiger partial charge in [-0.05, 0) is 20.3 Å². The van der Waals surface area contributed by atoms with Crippen molar-refractivity contribution in [2.24, 2.45) is 7.05 Å². The van der Waals surface area contributed by atoms with Gasteiger partial charge in [0.05, 0.1) is 0 Å². The van der Waals surface area contributed by atoms with E-state index in [4.69, 9.17) is 11.6 Å². The monoisotopic (exact) mass is 243 g/mol. The van der Waals surface area contributed by atoms with Crippen LogP contribution in [-0.2, 0) is 7.05 Å². The zero-order valence-corrected chi connectivity index (χ0v) is 10.7. The van der Waals surface area contributed by atoms with Crippen molar-refractivity contribution in [3.63, 3.8) is 0 Å². The zero-order chi connectivity index (χ0) is 12.1. The van der Waals surface area contributed by atoms with Gasteiger partial charge in [0, 0.05) is 37.9 Å². The first-order valence-corrected chi connectivity index (χ1v) is 5.95. The van der Waals surface area contributed by atoms with Crippen LogP contribution in [0.1, 0.15) is 20.3 Å². The third kappa shape index (κ3) is 2.98. The molecule has 0 atom stereocenters. The van der Waals surface area contributed by atoms with E-state index in [1.165, 1.54) is 0 Å². The van der Waals surface area contributed by atoms with Gasteiger partial charge in [0.1, 0.15) is 0 Å². The minimum absolute atomic E-state index is 0.0641. The van der Waals surface area contributed by atoms with E-state index in [1.54, 1.807) is 24.0 Å². The number of hydrogen-bond acceptors (Lipinski definition) is 3. The van der Waals surface area contributed by atoms with E-state index >= 15 is 0 Å². The molecule has 0 saturated heterocycles. The van der Waals surface area contributed by atoms with Crippen molar-refractivity contribution in [2.45, 2.75) is 26.3 Å². The Kier molecular flexibility index (Phi) is 4.80. The molecule has 0 aliphatic carbocycles. The standard InChI is InChI=1S/C11H18ClN3O/c1-9(2)15(7-4-5-12)10-11(16)14(3)8-6-13-10/h6,8-9H,4-5,7H2,1-3H3. The van der Waals surface area contributed by atoms with Crippen molar-refractivity contribution in [1.29, 1.82) is 0 Å². The Morgan fingerprint density at radius 2 is 2.25 bits per heavy atom. The fourth-order valence-corrected chi connectivity index (χ4v) is 1.64. The van der Waals surface area contributed by atoms with Crippen molar-refractivity contribution in [3.8, 4) is 0 Å². The van der Waals surface area contributed by atoms with Gasteiger partial charge in [-0.2, -0.15) is 0 Å². The van der Waals surface area contributed by atoms with Crippen LogP contribution in [0.15, 0.2) is 17.2 Å². The largest absolute Gasteiger partial charge is 0.350 e. The van der Waals surface area contributed by atoms with E-state index in [1.807, 2.05) is 18.7 Å². The number of aryl methyl sites for hydroxylation is 1. The topological polar surface area (TPSA) is 38.1 Å². The minimum atomic E-state index is -0.0641. The fraction of sp³-hybridized carbons (Fsp3) is 0.636. The summed E-state index contributed by atoms with van der Waals surface area (Å²) < 4.78 is 1.54. The molecular formula is C11H18ClN3O. The van der Waals surface area contributed by atoms with Crippen molar-refractivity contribution in [3.05, 3.63) is 22.7 Å². The lowest BCUT2D eigenvalue weighted by atomic mass is 10.3. The average molecular weight is 244 g/mol. The molecule has 90 valence electrons. The van der Waals surface area contributed by atoms with Crippen LogP contribution in [0, 0.1) is 0 Å². The van der Waals surface area contributed by atoms with E-state index < -0.39 is 0 Å². The molecule has 0 bridgehead atoms. The van der Waals surface area contributed by atoms with E-state index in [0.717, 1.165) is 13.0 Å². The summed E-state index contributed by atoms with van der Waals surface area (Å²) in [5, 5.41) is 0. The summed E-state index contributed by atoms with van der Waals surface area (Å²) in [5.41, 5.74) is -0.0641. The predicted molar refractivity (Wildman–Crippen MR) is 67.3 cm³/mol. The van der Waals surface area contributed by atoms with Gasteiger partial charge in [0.15, 0.2) is 5.82 Å². The molecule has 0 N–H and O–H groups in total. The highest BCUT2D eigenvalue weighted by molar-refractivity contribution is 6.17. The average Bonchev–Trinajstić information content (AvgIpc) is 2.24. The molecule has 16 heavy (non-hydrogen) atoms. The Hall–Kier alpha value is -1.03. The molecule has 0 saturated carbocycles. The maximum Gasteiger partial charge on any atom is 0.293 e. The van der Waals surface area contributed by atoms with Crippen LogP contribution in [0.4, 0.5) is 5.82 Å². The molecular weight excluding hydrogens is 226 g/mol. The zero-order valence-electron chi connectivity index (χ0n) is 9.98.